The Labute approximate surface area is 102 Å². The van der Waals surface area contributed by atoms with Crippen LogP contribution in [0.5, 0.6) is 0 Å². The minimum absolute atomic E-state index is 0.214. The monoisotopic (exact) mass is 252 g/mol. The average Bonchev–Trinajstić information content (AvgIpc) is 2.83. The van der Waals surface area contributed by atoms with Gasteiger partial charge in [-0.25, -0.2) is 4.98 Å². The second-order valence-corrected chi connectivity index (χ2v) is 3.60. The SMILES string of the molecule is O=C(NCCc1ncno1)c1ccc(Cl)nc1. The van der Waals surface area contributed by atoms with Gasteiger partial charge in [0.2, 0.25) is 5.89 Å². The second kappa shape index (κ2) is 5.40. The van der Waals surface area contributed by atoms with Crippen LogP contribution < -0.4 is 5.32 Å². The van der Waals surface area contributed by atoms with Gasteiger partial charge in [-0.05, 0) is 12.1 Å². The van der Waals surface area contributed by atoms with Gasteiger partial charge in [0.25, 0.3) is 5.91 Å². The molecule has 2 heterocycles. The van der Waals surface area contributed by atoms with Gasteiger partial charge in [0, 0.05) is 19.2 Å². The van der Waals surface area contributed by atoms with Crippen molar-refractivity contribution in [3.05, 3.63) is 41.3 Å². The summed E-state index contributed by atoms with van der Waals surface area (Å²) in [6.45, 7) is 0.420. The van der Waals surface area contributed by atoms with E-state index in [1.165, 1.54) is 12.5 Å². The van der Waals surface area contributed by atoms with E-state index >= 15 is 0 Å². The van der Waals surface area contributed by atoms with Crippen LogP contribution in [-0.4, -0.2) is 27.6 Å². The van der Waals surface area contributed by atoms with E-state index in [4.69, 9.17) is 16.1 Å². The van der Waals surface area contributed by atoms with Gasteiger partial charge in [-0.1, -0.05) is 16.8 Å². The van der Waals surface area contributed by atoms with E-state index in [0.717, 1.165) is 0 Å². The summed E-state index contributed by atoms with van der Waals surface area (Å²) in [5.41, 5.74) is 0.458. The third kappa shape index (κ3) is 3.25. The Morgan fingerprint density at radius 3 is 2.94 bits per heavy atom. The molecule has 0 aliphatic rings. The highest BCUT2D eigenvalue weighted by Crippen LogP contribution is 2.04. The number of nitrogens with one attached hydrogen (secondary N) is 1. The quantitative estimate of drug-likeness (QED) is 0.824. The topological polar surface area (TPSA) is 80.9 Å². The summed E-state index contributed by atoms with van der Waals surface area (Å²) in [5, 5.41) is 6.53. The molecule has 17 heavy (non-hydrogen) atoms. The van der Waals surface area contributed by atoms with Crippen molar-refractivity contribution in [3.8, 4) is 0 Å². The van der Waals surface area contributed by atoms with E-state index in [1.807, 2.05) is 0 Å². The number of aromatic nitrogens is 3. The van der Waals surface area contributed by atoms with E-state index < -0.39 is 0 Å². The third-order valence-electron chi connectivity index (χ3n) is 2.02. The van der Waals surface area contributed by atoms with Crippen LogP contribution in [0.25, 0.3) is 0 Å². The second-order valence-electron chi connectivity index (χ2n) is 3.21. The Bertz CT molecular complexity index is 484. The lowest BCUT2D eigenvalue weighted by atomic mass is 10.2. The van der Waals surface area contributed by atoms with Gasteiger partial charge in [-0.3, -0.25) is 4.79 Å². The Hall–Kier alpha value is -1.95. The summed E-state index contributed by atoms with van der Waals surface area (Å²) >= 11 is 5.62. The summed E-state index contributed by atoms with van der Waals surface area (Å²) in [6.07, 6.45) is 3.23. The standard InChI is InChI=1S/C10H9ClN4O2/c11-8-2-1-7(5-13-8)10(16)12-4-3-9-14-6-15-17-9/h1-2,5-6H,3-4H2,(H,12,16). The van der Waals surface area contributed by atoms with Crippen molar-refractivity contribution >= 4 is 17.5 Å². The van der Waals surface area contributed by atoms with E-state index in [1.54, 1.807) is 12.1 Å². The van der Waals surface area contributed by atoms with Gasteiger partial charge in [0.1, 0.15) is 5.15 Å². The fourth-order valence-corrected chi connectivity index (χ4v) is 1.31. The van der Waals surface area contributed by atoms with E-state index in [0.29, 0.717) is 29.6 Å². The maximum absolute atomic E-state index is 11.6. The molecule has 2 rings (SSSR count). The van der Waals surface area contributed by atoms with Gasteiger partial charge in [0.15, 0.2) is 6.33 Å². The number of amides is 1. The Morgan fingerprint density at radius 2 is 2.29 bits per heavy atom. The van der Waals surface area contributed by atoms with Crippen LogP contribution in [0.3, 0.4) is 0 Å². The van der Waals surface area contributed by atoms with Crippen molar-refractivity contribution in [2.24, 2.45) is 0 Å². The zero-order chi connectivity index (χ0) is 12.1. The summed E-state index contributed by atoms with van der Waals surface area (Å²) in [7, 11) is 0. The normalized spacial score (nSPS) is 10.2. The molecule has 1 N–H and O–H groups in total. The average molecular weight is 253 g/mol. The lowest BCUT2D eigenvalue weighted by Crippen LogP contribution is -2.25. The molecule has 0 saturated carbocycles. The fraction of sp³-hybridized carbons (Fsp3) is 0.200. The largest absolute Gasteiger partial charge is 0.351 e. The van der Waals surface area contributed by atoms with E-state index in [-0.39, 0.29) is 5.91 Å². The molecule has 1 amide bonds. The van der Waals surface area contributed by atoms with Crippen molar-refractivity contribution < 1.29 is 9.32 Å². The zero-order valence-electron chi connectivity index (χ0n) is 8.76. The smallest absolute Gasteiger partial charge is 0.252 e. The molecule has 0 aliphatic heterocycles. The number of rotatable bonds is 4. The number of carbonyl (C=O) groups is 1. The van der Waals surface area contributed by atoms with E-state index in [9.17, 15) is 4.79 Å². The number of carbonyl (C=O) groups excluding carboxylic acids is 1. The maximum Gasteiger partial charge on any atom is 0.252 e. The summed E-state index contributed by atoms with van der Waals surface area (Å²) in [4.78, 5) is 19.3. The van der Waals surface area contributed by atoms with Crippen LogP contribution in [0.4, 0.5) is 0 Å². The molecule has 0 saturated heterocycles. The number of nitrogens with zero attached hydrogens (tertiary/aromatic N) is 3. The van der Waals surface area contributed by atoms with Crippen LogP contribution >= 0.6 is 11.6 Å². The van der Waals surface area contributed by atoms with Crippen LogP contribution in [0.15, 0.2) is 29.2 Å². The maximum atomic E-state index is 11.6. The Kier molecular flexibility index (Phi) is 3.66. The van der Waals surface area contributed by atoms with Gasteiger partial charge < -0.3 is 9.84 Å². The first-order valence-electron chi connectivity index (χ1n) is 4.91. The molecular weight excluding hydrogens is 244 g/mol. The molecule has 0 spiro atoms. The molecule has 0 atom stereocenters. The third-order valence-corrected chi connectivity index (χ3v) is 2.24. The number of hydrogen-bond acceptors (Lipinski definition) is 5. The molecule has 2 aromatic rings. The van der Waals surface area contributed by atoms with Crippen molar-refractivity contribution in [1.82, 2.24) is 20.4 Å². The summed E-state index contributed by atoms with van der Waals surface area (Å²) in [6, 6.07) is 3.17. The predicted octanol–water partition coefficient (Wildman–Crippen LogP) is 1.09. The van der Waals surface area contributed by atoms with Crippen LogP contribution in [0.1, 0.15) is 16.2 Å². The van der Waals surface area contributed by atoms with E-state index in [2.05, 4.69) is 20.4 Å². The molecular formula is C10H9ClN4O2. The number of pyridine rings is 1. The molecule has 0 fully saturated rings. The Balaban J connectivity index is 1.83. The molecule has 0 radical (unpaired) electrons. The van der Waals surface area contributed by atoms with Gasteiger partial charge in [-0.15, -0.1) is 0 Å². The summed E-state index contributed by atoms with van der Waals surface area (Å²) < 4.78 is 4.79. The highest BCUT2D eigenvalue weighted by Gasteiger charge is 2.06. The molecule has 0 bridgehead atoms. The van der Waals surface area contributed by atoms with Crippen molar-refractivity contribution in [1.29, 1.82) is 0 Å². The van der Waals surface area contributed by atoms with Gasteiger partial charge >= 0.3 is 0 Å². The van der Waals surface area contributed by atoms with Crippen molar-refractivity contribution in [2.75, 3.05) is 6.54 Å². The molecule has 6 nitrogen and oxygen atoms in total. The zero-order valence-corrected chi connectivity index (χ0v) is 9.52. The molecule has 0 unspecified atom stereocenters. The molecule has 0 aromatic carbocycles. The van der Waals surface area contributed by atoms with Crippen molar-refractivity contribution in [3.63, 3.8) is 0 Å². The predicted molar refractivity (Wildman–Crippen MR) is 59.6 cm³/mol. The fourth-order valence-electron chi connectivity index (χ4n) is 1.20. The van der Waals surface area contributed by atoms with Crippen LogP contribution in [-0.2, 0) is 6.42 Å². The lowest BCUT2D eigenvalue weighted by molar-refractivity contribution is 0.0953. The summed E-state index contributed by atoms with van der Waals surface area (Å²) in [5.74, 6) is 0.271. The van der Waals surface area contributed by atoms with Gasteiger partial charge in [0.05, 0.1) is 5.56 Å². The van der Waals surface area contributed by atoms with Crippen LogP contribution in [0, 0.1) is 0 Å². The molecule has 7 heteroatoms. The first-order valence-corrected chi connectivity index (χ1v) is 5.29. The highest BCUT2D eigenvalue weighted by molar-refractivity contribution is 6.29. The van der Waals surface area contributed by atoms with Gasteiger partial charge in [-0.2, -0.15) is 4.98 Å². The highest BCUT2D eigenvalue weighted by atomic mass is 35.5. The first kappa shape index (κ1) is 11.5. The first-order chi connectivity index (χ1) is 8.25. The molecule has 0 aliphatic carbocycles. The minimum atomic E-state index is -0.214. The molecule has 88 valence electrons. The number of halogens is 1. The van der Waals surface area contributed by atoms with Crippen molar-refractivity contribution in [2.45, 2.75) is 6.42 Å². The number of hydrogen-bond donors (Lipinski definition) is 1. The molecule has 2 aromatic heterocycles. The lowest BCUT2D eigenvalue weighted by Gasteiger charge is -2.02. The van der Waals surface area contributed by atoms with Crippen LogP contribution in [0.2, 0.25) is 5.15 Å². The Morgan fingerprint density at radius 1 is 1.41 bits per heavy atom. The minimum Gasteiger partial charge on any atom is -0.351 e.